The van der Waals surface area contributed by atoms with Crippen molar-refractivity contribution in [3.8, 4) is 0 Å². The van der Waals surface area contributed by atoms with E-state index in [4.69, 9.17) is 10.2 Å². The van der Waals surface area contributed by atoms with E-state index in [1.165, 1.54) is 6.08 Å². The summed E-state index contributed by atoms with van der Waals surface area (Å²) in [5.74, 6) is -3.69. The van der Waals surface area contributed by atoms with E-state index in [9.17, 15) is 9.59 Å². The van der Waals surface area contributed by atoms with Crippen LogP contribution in [0.3, 0.4) is 0 Å². The van der Waals surface area contributed by atoms with Crippen LogP contribution >= 0.6 is 0 Å². The van der Waals surface area contributed by atoms with Gasteiger partial charge >= 0.3 is 11.9 Å². The molecular weight excluding hydrogens is 210 g/mol. The van der Waals surface area contributed by atoms with Gasteiger partial charge in [-0.2, -0.15) is 0 Å². The van der Waals surface area contributed by atoms with E-state index in [1.807, 2.05) is 26.0 Å². The van der Waals surface area contributed by atoms with Crippen LogP contribution in [0.2, 0.25) is 0 Å². The van der Waals surface area contributed by atoms with Gasteiger partial charge in [-0.25, -0.2) is 0 Å². The SMILES string of the molecule is CN(C)C.O=C(O)C1C=CCCC1C(=O)O. The van der Waals surface area contributed by atoms with Crippen LogP contribution in [0.15, 0.2) is 12.2 Å². The topological polar surface area (TPSA) is 77.8 Å². The molecule has 2 N–H and O–H groups in total. The molecule has 92 valence electrons. The van der Waals surface area contributed by atoms with Crippen molar-refractivity contribution in [3.05, 3.63) is 12.2 Å². The van der Waals surface area contributed by atoms with E-state index in [-0.39, 0.29) is 0 Å². The van der Waals surface area contributed by atoms with Gasteiger partial charge in [-0.1, -0.05) is 12.2 Å². The summed E-state index contributed by atoms with van der Waals surface area (Å²) in [6.07, 6.45) is 4.26. The first kappa shape index (κ1) is 14.6. The zero-order valence-electron chi connectivity index (χ0n) is 9.88. The third-order valence-electron chi connectivity index (χ3n) is 2.02. The molecule has 16 heavy (non-hydrogen) atoms. The summed E-state index contributed by atoms with van der Waals surface area (Å²) in [5.41, 5.74) is 0. The second-order valence-electron chi connectivity index (χ2n) is 4.16. The quantitative estimate of drug-likeness (QED) is 0.688. The summed E-state index contributed by atoms with van der Waals surface area (Å²) >= 11 is 0. The maximum Gasteiger partial charge on any atom is 0.311 e. The molecular formula is C11H19NO4. The van der Waals surface area contributed by atoms with Crippen LogP contribution in [-0.2, 0) is 9.59 Å². The predicted molar refractivity (Wildman–Crippen MR) is 60.2 cm³/mol. The van der Waals surface area contributed by atoms with Gasteiger partial charge < -0.3 is 15.1 Å². The van der Waals surface area contributed by atoms with E-state index in [2.05, 4.69) is 0 Å². The Hall–Kier alpha value is -1.36. The number of hydrogen-bond acceptors (Lipinski definition) is 3. The lowest BCUT2D eigenvalue weighted by Crippen LogP contribution is -2.30. The molecule has 1 aliphatic carbocycles. The molecule has 0 bridgehead atoms. The van der Waals surface area contributed by atoms with Crippen LogP contribution < -0.4 is 0 Å². The number of carboxylic acids is 2. The molecule has 0 radical (unpaired) electrons. The zero-order chi connectivity index (χ0) is 12.7. The molecule has 0 fully saturated rings. The van der Waals surface area contributed by atoms with Gasteiger partial charge in [0.15, 0.2) is 0 Å². The molecule has 0 saturated heterocycles. The van der Waals surface area contributed by atoms with Crippen LogP contribution in [0.1, 0.15) is 12.8 Å². The average Bonchev–Trinajstić information content (AvgIpc) is 2.16. The first-order chi connectivity index (χ1) is 7.36. The van der Waals surface area contributed by atoms with Crippen molar-refractivity contribution in [3.63, 3.8) is 0 Å². The molecule has 0 aliphatic heterocycles. The Bertz CT molecular complexity index is 270. The van der Waals surface area contributed by atoms with Gasteiger partial charge in [0.05, 0.1) is 11.8 Å². The third-order valence-corrected chi connectivity index (χ3v) is 2.02. The van der Waals surface area contributed by atoms with Crippen molar-refractivity contribution in [2.75, 3.05) is 21.1 Å². The highest BCUT2D eigenvalue weighted by molar-refractivity contribution is 5.81. The van der Waals surface area contributed by atoms with Gasteiger partial charge in [-0.15, -0.1) is 0 Å². The molecule has 0 aromatic heterocycles. The molecule has 1 rings (SSSR count). The van der Waals surface area contributed by atoms with Crippen LogP contribution in [0.25, 0.3) is 0 Å². The van der Waals surface area contributed by atoms with Crippen molar-refractivity contribution in [1.82, 2.24) is 4.90 Å². The number of rotatable bonds is 2. The van der Waals surface area contributed by atoms with Crippen molar-refractivity contribution < 1.29 is 19.8 Å². The largest absolute Gasteiger partial charge is 0.481 e. The number of carbonyl (C=O) groups is 2. The van der Waals surface area contributed by atoms with E-state index < -0.39 is 23.8 Å². The highest BCUT2D eigenvalue weighted by Gasteiger charge is 2.32. The van der Waals surface area contributed by atoms with Crippen LogP contribution in [0, 0.1) is 11.8 Å². The fourth-order valence-electron chi connectivity index (χ4n) is 1.36. The standard InChI is InChI=1S/C8H10O4.C3H9N/c9-7(10)5-3-1-2-4-6(5)8(11)12;1-4(2)3/h1,3,5-6H,2,4H2,(H,9,10)(H,11,12);1-3H3. The molecule has 2 atom stereocenters. The lowest BCUT2D eigenvalue weighted by molar-refractivity contribution is -0.152. The van der Waals surface area contributed by atoms with E-state index in [0.717, 1.165) is 0 Å². The fourth-order valence-corrected chi connectivity index (χ4v) is 1.36. The molecule has 0 spiro atoms. The summed E-state index contributed by atoms with van der Waals surface area (Å²) in [7, 11) is 6.00. The summed E-state index contributed by atoms with van der Waals surface area (Å²) in [6, 6.07) is 0. The number of carboxylic acid groups (broad SMARTS) is 2. The molecule has 5 nitrogen and oxygen atoms in total. The van der Waals surface area contributed by atoms with Crippen molar-refractivity contribution in [1.29, 1.82) is 0 Å². The maximum absolute atomic E-state index is 10.6. The van der Waals surface area contributed by atoms with Gasteiger partial charge in [-0.05, 0) is 34.0 Å². The van der Waals surface area contributed by atoms with Gasteiger partial charge in [-0.3, -0.25) is 9.59 Å². The smallest absolute Gasteiger partial charge is 0.311 e. The summed E-state index contributed by atoms with van der Waals surface area (Å²) < 4.78 is 0. The molecule has 0 aromatic carbocycles. The van der Waals surface area contributed by atoms with E-state index >= 15 is 0 Å². The van der Waals surface area contributed by atoms with Crippen molar-refractivity contribution in [2.45, 2.75) is 12.8 Å². The molecule has 0 saturated carbocycles. The predicted octanol–water partition coefficient (Wildman–Crippen LogP) is 0.916. The molecule has 1 aliphatic rings. The minimum Gasteiger partial charge on any atom is -0.481 e. The van der Waals surface area contributed by atoms with Crippen LogP contribution in [0.4, 0.5) is 0 Å². The molecule has 0 amide bonds. The van der Waals surface area contributed by atoms with Gasteiger partial charge in [0.2, 0.25) is 0 Å². The molecule has 0 aromatic rings. The maximum atomic E-state index is 10.6. The van der Waals surface area contributed by atoms with Gasteiger partial charge in [0, 0.05) is 0 Å². The van der Waals surface area contributed by atoms with Gasteiger partial charge in [0.1, 0.15) is 0 Å². The monoisotopic (exact) mass is 229 g/mol. The number of nitrogens with zero attached hydrogens (tertiary/aromatic N) is 1. The third kappa shape index (κ3) is 5.50. The fraction of sp³-hybridized carbons (Fsp3) is 0.636. The van der Waals surface area contributed by atoms with Crippen molar-refractivity contribution >= 4 is 11.9 Å². The Kier molecular flexibility index (Phi) is 6.41. The number of allylic oxidation sites excluding steroid dienone is 1. The number of hydrogen-bond donors (Lipinski definition) is 2. The highest BCUT2D eigenvalue weighted by atomic mass is 16.4. The second-order valence-corrected chi connectivity index (χ2v) is 4.16. The Morgan fingerprint density at radius 2 is 1.69 bits per heavy atom. The van der Waals surface area contributed by atoms with Crippen LogP contribution in [0.5, 0.6) is 0 Å². The van der Waals surface area contributed by atoms with Crippen LogP contribution in [-0.4, -0.2) is 48.2 Å². The normalized spacial score (nSPS) is 23.5. The summed E-state index contributed by atoms with van der Waals surface area (Å²) in [6.45, 7) is 0. The first-order valence-electron chi connectivity index (χ1n) is 5.09. The molecule has 0 heterocycles. The Balaban J connectivity index is 0.000000487. The van der Waals surface area contributed by atoms with E-state index in [0.29, 0.717) is 12.8 Å². The Labute approximate surface area is 95.4 Å². The lowest BCUT2D eigenvalue weighted by Gasteiger charge is -2.19. The number of aliphatic carboxylic acids is 2. The first-order valence-corrected chi connectivity index (χ1v) is 5.09. The molecule has 2 unspecified atom stereocenters. The summed E-state index contributed by atoms with van der Waals surface area (Å²) in [5, 5.41) is 17.3. The molecule has 5 heteroatoms. The zero-order valence-corrected chi connectivity index (χ0v) is 9.88. The van der Waals surface area contributed by atoms with Gasteiger partial charge in [0.25, 0.3) is 0 Å². The Morgan fingerprint density at radius 3 is 2.00 bits per heavy atom. The minimum atomic E-state index is -1.06. The highest BCUT2D eigenvalue weighted by Crippen LogP contribution is 2.24. The lowest BCUT2D eigenvalue weighted by atomic mass is 9.84. The second kappa shape index (κ2) is 7.00. The average molecular weight is 229 g/mol. The summed E-state index contributed by atoms with van der Waals surface area (Å²) in [4.78, 5) is 23.1. The Morgan fingerprint density at radius 1 is 1.19 bits per heavy atom. The minimum absolute atomic E-state index is 0.419. The van der Waals surface area contributed by atoms with E-state index in [1.54, 1.807) is 6.08 Å². The van der Waals surface area contributed by atoms with Crippen molar-refractivity contribution in [2.24, 2.45) is 11.8 Å².